The number of aryl methyl sites for hydroxylation is 1. The van der Waals surface area contributed by atoms with Crippen molar-refractivity contribution in [1.82, 2.24) is 15.3 Å². The molecule has 0 fully saturated rings. The Morgan fingerprint density at radius 2 is 2.04 bits per heavy atom. The predicted molar refractivity (Wildman–Crippen MR) is 93.0 cm³/mol. The molecule has 4 N–H and O–H groups in total. The van der Waals surface area contributed by atoms with E-state index in [-0.39, 0.29) is 18.1 Å². The van der Waals surface area contributed by atoms with E-state index >= 15 is 0 Å². The van der Waals surface area contributed by atoms with Gasteiger partial charge in [-0.15, -0.1) is 0 Å². The van der Waals surface area contributed by atoms with Gasteiger partial charge in [-0.05, 0) is 25.5 Å². The maximum absolute atomic E-state index is 11.8. The molecule has 1 aromatic carbocycles. The minimum atomic E-state index is -0.534. The second-order valence-corrected chi connectivity index (χ2v) is 5.57. The Morgan fingerprint density at radius 3 is 2.67 bits per heavy atom. The molecule has 1 atom stereocenters. The number of anilines is 1. The van der Waals surface area contributed by atoms with E-state index in [1.165, 1.54) is 6.07 Å². The highest BCUT2D eigenvalue weighted by molar-refractivity contribution is 5.89. The average Bonchev–Trinajstić information content (AvgIpc) is 2.53. The molecule has 24 heavy (non-hydrogen) atoms. The number of amides is 2. The lowest BCUT2D eigenvalue weighted by molar-refractivity contribution is 0.162. The first-order valence-corrected chi connectivity index (χ1v) is 7.89. The van der Waals surface area contributed by atoms with Crippen molar-refractivity contribution in [2.24, 2.45) is 0 Å². The summed E-state index contributed by atoms with van der Waals surface area (Å²) in [5.74, 6) is 0.546. The van der Waals surface area contributed by atoms with Crippen molar-refractivity contribution in [3.63, 3.8) is 0 Å². The molecule has 0 bridgehead atoms. The molecule has 0 saturated heterocycles. The third-order valence-corrected chi connectivity index (χ3v) is 3.42. The number of urea groups is 1. The Labute approximate surface area is 140 Å². The maximum atomic E-state index is 11.8. The number of aromatic amines is 1. The summed E-state index contributed by atoms with van der Waals surface area (Å²) in [7, 11) is 0. The summed E-state index contributed by atoms with van der Waals surface area (Å²) < 4.78 is 0. The van der Waals surface area contributed by atoms with Crippen molar-refractivity contribution in [1.29, 1.82) is 0 Å². The fourth-order valence-corrected chi connectivity index (χ4v) is 2.27. The quantitative estimate of drug-likeness (QED) is 0.650. The predicted octanol–water partition coefficient (Wildman–Crippen LogP) is 2.03. The molecule has 0 aliphatic rings. The van der Waals surface area contributed by atoms with Crippen molar-refractivity contribution in [2.75, 3.05) is 11.9 Å². The Kier molecular flexibility index (Phi) is 6.08. The molecule has 7 nitrogen and oxygen atoms in total. The van der Waals surface area contributed by atoms with Crippen LogP contribution < -0.4 is 16.2 Å². The smallest absolute Gasteiger partial charge is 0.319 e. The molecule has 2 aromatic rings. The summed E-state index contributed by atoms with van der Waals surface area (Å²) in [5.41, 5.74) is 1.77. The molecule has 0 spiro atoms. The summed E-state index contributed by atoms with van der Waals surface area (Å²) in [5, 5.41) is 14.9. The Morgan fingerprint density at radius 1 is 1.33 bits per heavy atom. The molecule has 0 aliphatic carbocycles. The molecule has 1 aromatic heterocycles. The van der Waals surface area contributed by atoms with Crippen LogP contribution >= 0.6 is 0 Å². The summed E-state index contributed by atoms with van der Waals surface area (Å²) in [6, 6.07) is 8.08. The number of aliphatic hydroxyl groups is 1. The van der Waals surface area contributed by atoms with Gasteiger partial charge in [0.15, 0.2) is 0 Å². The molecule has 128 valence electrons. The lowest BCUT2D eigenvalue weighted by Crippen LogP contribution is -2.35. The van der Waals surface area contributed by atoms with Gasteiger partial charge in [0.25, 0.3) is 5.56 Å². The standard InChI is InChI=1S/C17H22N4O3/c1-3-4-14(22)10-18-17(24)21-13-7-5-12(6-8-13)15-9-16(23)20-11(2)19-15/h5-9,14,22H,3-4,10H2,1-2H3,(H2,18,21,24)(H,19,20,23). The van der Waals surface area contributed by atoms with E-state index in [1.807, 2.05) is 6.92 Å². The van der Waals surface area contributed by atoms with Crippen LogP contribution in [-0.2, 0) is 0 Å². The Bertz CT molecular complexity index is 740. The van der Waals surface area contributed by atoms with Crippen molar-refractivity contribution in [3.05, 3.63) is 46.5 Å². The van der Waals surface area contributed by atoms with Gasteiger partial charge in [0.1, 0.15) is 5.82 Å². The topological polar surface area (TPSA) is 107 Å². The first-order valence-electron chi connectivity index (χ1n) is 7.89. The van der Waals surface area contributed by atoms with Crippen LogP contribution in [0, 0.1) is 6.92 Å². The van der Waals surface area contributed by atoms with E-state index in [1.54, 1.807) is 31.2 Å². The van der Waals surface area contributed by atoms with E-state index < -0.39 is 6.10 Å². The third-order valence-electron chi connectivity index (χ3n) is 3.42. The first kappa shape index (κ1) is 17.7. The number of rotatable bonds is 6. The largest absolute Gasteiger partial charge is 0.391 e. The molecule has 2 rings (SSSR count). The van der Waals surface area contributed by atoms with Crippen LogP contribution in [0.3, 0.4) is 0 Å². The Hall–Kier alpha value is -2.67. The normalized spacial score (nSPS) is 11.8. The number of carbonyl (C=O) groups excluding carboxylic acids is 1. The number of aromatic nitrogens is 2. The third kappa shape index (κ3) is 5.20. The van der Waals surface area contributed by atoms with Gasteiger partial charge in [-0.2, -0.15) is 0 Å². The summed E-state index contributed by atoms with van der Waals surface area (Å²) in [6.45, 7) is 3.91. The molecular formula is C17H22N4O3. The van der Waals surface area contributed by atoms with Crippen molar-refractivity contribution in [2.45, 2.75) is 32.8 Å². The van der Waals surface area contributed by atoms with Gasteiger partial charge >= 0.3 is 6.03 Å². The van der Waals surface area contributed by atoms with Crippen LogP contribution in [0.5, 0.6) is 0 Å². The highest BCUT2D eigenvalue weighted by Gasteiger charge is 2.07. The first-order chi connectivity index (χ1) is 11.5. The number of hydrogen-bond donors (Lipinski definition) is 4. The summed E-state index contributed by atoms with van der Waals surface area (Å²) >= 11 is 0. The second kappa shape index (κ2) is 8.26. The fourth-order valence-electron chi connectivity index (χ4n) is 2.27. The lowest BCUT2D eigenvalue weighted by Gasteiger charge is -2.12. The number of benzene rings is 1. The number of carbonyl (C=O) groups is 1. The van der Waals surface area contributed by atoms with Crippen LogP contribution in [-0.4, -0.2) is 33.8 Å². The number of aliphatic hydroxyl groups excluding tert-OH is 1. The molecule has 2 amide bonds. The van der Waals surface area contributed by atoms with E-state index in [4.69, 9.17) is 0 Å². The van der Waals surface area contributed by atoms with Crippen LogP contribution in [0.4, 0.5) is 10.5 Å². The molecular weight excluding hydrogens is 308 g/mol. The van der Waals surface area contributed by atoms with Crippen LogP contribution in [0.25, 0.3) is 11.3 Å². The van der Waals surface area contributed by atoms with Crippen LogP contribution in [0.2, 0.25) is 0 Å². The number of H-pyrrole nitrogens is 1. The van der Waals surface area contributed by atoms with Crippen molar-refractivity contribution in [3.8, 4) is 11.3 Å². The van der Waals surface area contributed by atoms with Gasteiger partial charge in [0, 0.05) is 23.9 Å². The Balaban J connectivity index is 1.97. The van der Waals surface area contributed by atoms with Crippen molar-refractivity contribution >= 4 is 11.7 Å². The van der Waals surface area contributed by atoms with Crippen LogP contribution in [0.15, 0.2) is 35.1 Å². The molecule has 1 heterocycles. The maximum Gasteiger partial charge on any atom is 0.319 e. The van der Waals surface area contributed by atoms with Gasteiger partial charge in [-0.1, -0.05) is 25.5 Å². The zero-order valence-corrected chi connectivity index (χ0v) is 13.8. The van der Waals surface area contributed by atoms with E-state index in [2.05, 4.69) is 20.6 Å². The molecule has 0 aliphatic heterocycles. The number of hydrogen-bond acceptors (Lipinski definition) is 4. The van der Waals surface area contributed by atoms with E-state index in [9.17, 15) is 14.7 Å². The lowest BCUT2D eigenvalue weighted by atomic mass is 10.1. The molecule has 1 unspecified atom stereocenters. The van der Waals surface area contributed by atoms with Gasteiger partial charge in [0.2, 0.25) is 0 Å². The minimum Gasteiger partial charge on any atom is -0.391 e. The van der Waals surface area contributed by atoms with Gasteiger partial charge in [-0.3, -0.25) is 4.79 Å². The zero-order valence-electron chi connectivity index (χ0n) is 13.8. The average molecular weight is 330 g/mol. The van der Waals surface area contributed by atoms with Gasteiger partial charge in [-0.25, -0.2) is 9.78 Å². The van der Waals surface area contributed by atoms with E-state index in [0.29, 0.717) is 23.6 Å². The highest BCUT2D eigenvalue weighted by atomic mass is 16.3. The summed E-state index contributed by atoms with van der Waals surface area (Å²) in [6.07, 6.45) is 0.980. The molecule has 0 radical (unpaired) electrons. The molecule has 7 heteroatoms. The highest BCUT2D eigenvalue weighted by Crippen LogP contribution is 2.18. The summed E-state index contributed by atoms with van der Waals surface area (Å²) in [4.78, 5) is 30.1. The minimum absolute atomic E-state index is 0.204. The van der Waals surface area contributed by atoms with Crippen molar-refractivity contribution < 1.29 is 9.90 Å². The molecule has 0 saturated carbocycles. The monoisotopic (exact) mass is 330 g/mol. The van der Waals surface area contributed by atoms with Crippen LogP contribution in [0.1, 0.15) is 25.6 Å². The van der Waals surface area contributed by atoms with Gasteiger partial charge < -0.3 is 20.7 Å². The number of nitrogens with one attached hydrogen (secondary N) is 3. The SMILES string of the molecule is CCCC(O)CNC(=O)Nc1ccc(-c2cc(=O)[nH]c(C)n2)cc1. The second-order valence-electron chi connectivity index (χ2n) is 5.57. The van der Waals surface area contributed by atoms with E-state index in [0.717, 1.165) is 12.0 Å². The fraction of sp³-hybridized carbons (Fsp3) is 0.353. The zero-order chi connectivity index (χ0) is 17.5. The number of nitrogens with zero attached hydrogens (tertiary/aromatic N) is 1. The van der Waals surface area contributed by atoms with Gasteiger partial charge in [0.05, 0.1) is 11.8 Å².